The fraction of sp³-hybridized carbons (Fsp3) is 0.357. The summed E-state index contributed by atoms with van der Waals surface area (Å²) in [7, 11) is 1.46. The zero-order valence-electron chi connectivity index (χ0n) is 22.9. The van der Waals surface area contributed by atoms with E-state index in [9.17, 15) is 18.8 Å². The molecule has 2 saturated carbocycles. The first-order valence-electron chi connectivity index (χ1n) is 13.7. The fourth-order valence-electron chi connectivity index (χ4n) is 5.21. The number of imide groups is 1. The lowest BCUT2D eigenvalue weighted by Gasteiger charge is -2.17. The van der Waals surface area contributed by atoms with Gasteiger partial charge >= 0.3 is 6.03 Å². The molecule has 5 heterocycles. The number of halogens is 1. The lowest BCUT2D eigenvalue weighted by atomic mass is 10.1. The second kappa shape index (κ2) is 9.82. The van der Waals surface area contributed by atoms with Crippen LogP contribution in [0.1, 0.15) is 53.9 Å². The van der Waals surface area contributed by atoms with Crippen molar-refractivity contribution in [1.82, 2.24) is 34.2 Å². The molecule has 4 amide bonds. The summed E-state index contributed by atoms with van der Waals surface area (Å²) in [6.45, 7) is 1.93. The normalized spacial score (nSPS) is 20.0. The Labute approximate surface area is 239 Å². The predicted molar refractivity (Wildman–Crippen MR) is 148 cm³/mol. The molecule has 2 atom stereocenters. The third kappa shape index (κ3) is 4.78. The van der Waals surface area contributed by atoms with E-state index >= 15 is 0 Å². The Hall–Kier alpha value is -5.01. The van der Waals surface area contributed by atoms with E-state index in [0.717, 1.165) is 35.2 Å². The van der Waals surface area contributed by atoms with Crippen molar-refractivity contribution in [2.45, 2.75) is 44.6 Å². The van der Waals surface area contributed by atoms with E-state index in [-0.39, 0.29) is 48.5 Å². The third-order valence-electron chi connectivity index (χ3n) is 7.82. The summed E-state index contributed by atoms with van der Waals surface area (Å²) >= 11 is 0. The molecular weight excluding hydrogens is 543 g/mol. The first-order valence-corrected chi connectivity index (χ1v) is 13.7. The number of aryl methyl sites for hydroxylation is 1. The van der Waals surface area contributed by atoms with Crippen molar-refractivity contribution in [2.75, 3.05) is 29.1 Å². The third-order valence-corrected chi connectivity index (χ3v) is 7.82. The van der Waals surface area contributed by atoms with Gasteiger partial charge in [-0.2, -0.15) is 4.98 Å². The van der Waals surface area contributed by atoms with Gasteiger partial charge in [-0.15, -0.1) is 0 Å². The molecular formula is C28H27FN10O3. The quantitative estimate of drug-likeness (QED) is 0.305. The average Bonchev–Trinajstić information content (AvgIpc) is 3.90. The van der Waals surface area contributed by atoms with Crippen LogP contribution < -0.4 is 15.5 Å². The number of pyridine rings is 1. The van der Waals surface area contributed by atoms with Gasteiger partial charge in [0, 0.05) is 43.2 Å². The zero-order valence-corrected chi connectivity index (χ0v) is 22.9. The van der Waals surface area contributed by atoms with Crippen LogP contribution in [-0.4, -0.2) is 65.7 Å². The smallest absolute Gasteiger partial charge is 0.331 e. The lowest BCUT2D eigenvalue weighted by molar-refractivity contribution is -0.124. The minimum atomic E-state index is -0.685. The van der Waals surface area contributed by atoms with Gasteiger partial charge in [0.2, 0.25) is 17.8 Å². The molecule has 0 bridgehead atoms. The summed E-state index contributed by atoms with van der Waals surface area (Å²) in [4.78, 5) is 61.7. The first-order chi connectivity index (χ1) is 20.2. The molecule has 4 aromatic heterocycles. The summed E-state index contributed by atoms with van der Waals surface area (Å²) in [5.41, 5.74) is 3.54. The molecule has 3 aliphatic rings. The number of aromatic nitrogens is 6. The molecule has 4 aromatic rings. The molecule has 214 valence electrons. The number of carbonyl (C=O) groups is 3. The molecule has 42 heavy (non-hydrogen) atoms. The number of hydrogen-bond acceptors (Lipinski definition) is 9. The lowest BCUT2D eigenvalue weighted by Crippen LogP contribution is -2.30. The maximum atomic E-state index is 14.6. The molecule has 1 saturated heterocycles. The summed E-state index contributed by atoms with van der Waals surface area (Å²) in [6.07, 6.45) is 9.19. The van der Waals surface area contributed by atoms with Gasteiger partial charge < -0.3 is 9.72 Å². The molecule has 0 aromatic carbocycles. The summed E-state index contributed by atoms with van der Waals surface area (Å²) in [6, 6.07) is 3.32. The largest absolute Gasteiger partial charge is 0.362 e. The molecule has 13 nitrogen and oxygen atoms in total. The van der Waals surface area contributed by atoms with Gasteiger partial charge in [0.25, 0.3) is 0 Å². The second-order valence-electron chi connectivity index (χ2n) is 11.0. The highest BCUT2D eigenvalue weighted by atomic mass is 19.1. The minimum absolute atomic E-state index is 0.0209. The SMILES string of the molecule is Cc1ccnc(C2CC2C(=O)Nc2ncc(F)c(NCc3cn4cc(C5CC5)cc(N5CC(=O)N(C)C5=O)c4n3)n2)n1. The van der Waals surface area contributed by atoms with Gasteiger partial charge in [-0.05, 0) is 49.8 Å². The number of amides is 4. The van der Waals surface area contributed by atoms with Crippen LogP contribution in [0.3, 0.4) is 0 Å². The van der Waals surface area contributed by atoms with Crippen LogP contribution in [0.2, 0.25) is 0 Å². The van der Waals surface area contributed by atoms with Crippen molar-refractivity contribution in [3.05, 3.63) is 65.5 Å². The Morgan fingerprint density at radius 2 is 1.98 bits per heavy atom. The number of carbonyl (C=O) groups excluding carboxylic acids is 3. The van der Waals surface area contributed by atoms with Crippen LogP contribution in [-0.2, 0) is 16.1 Å². The van der Waals surface area contributed by atoms with Crippen LogP contribution >= 0.6 is 0 Å². The van der Waals surface area contributed by atoms with Crippen molar-refractivity contribution in [3.8, 4) is 0 Å². The van der Waals surface area contributed by atoms with Gasteiger partial charge in [-0.25, -0.2) is 29.1 Å². The maximum Gasteiger partial charge on any atom is 0.331 e. The number of fused-ring (bicyclic) bond motifs is 1. The number of rotatable bonds is 8. The van der Waals surface area contributed by atoms with Crippen LogP contribution in [0.4, 0.5) is 26.6 Å². The van der Waals surface area contributed by atoms with Gasteiger partial charge in [0.15, 0.2) is 17.3 Å². The van der Waals surface area contributed by atoms with Gasteiger partial charge in [0.1, 0.15) is 12.4 Å². The van der Waals surface area contributed by atoms with Crippen molar-refractivity contribution >= 4 is 40.9 Å². The number of likely N-dealkylation sites (N-methyl/N-ethyl adjacent to an activating group) is 1. The number of imidazole rings is 1. The van der Waals surface area contributed by atoms with E-state index in [2.05, 4.69) is 35.6 Å². The summed E-state index contributed by atoms with van der Waals surface area (Å²) in [5.74, 6) is -0.698. The fourth-order valence-corrected chi connectivity index (χ4v) is 5.21. The van der Waals surface area contributed by atoms with Gasteiger partial charge in [-0.1, -0.05) is 0 Å². The van der Waals surface area contributed by atoms with E-state index in [1.54, 1.807) is 18.5 Å². The van der Waals surface area contributed by atoms with Crippen molar-refractivity contribution < 1.29 is 18.8 Å². The Bertz CT molecular complexity index is 1770. The Kier molecular flexibility index (Phi) is 6.06. The molecule has 1 aliphatic heterocycles. The maximum absolute atomic E-state index is 14.6. The number of anilines is 3. The van der Waals surface area contributed by atoms with Crippen molar-refractivity contribution in [2.24, 2.45) is 5.92 Å². The van der Waals surface area contributed by atoms with E-state index in [1.165, 1.54) is 11.9 Å². The summed E-state index contributed by atoms with van der Waals surface area (Å²) < 4.78 is 16.5. The molecule has 0 radical (unpaired) electrons. The molecule has 7 rings (SSSR count). The minimum Gasteiger partial charge on any atom is -0.362 e. The van der Waals surface area contributed by atoms with Crippen LogP contribution in [0, 0.1) is 18.7 Å². The Morgan fingerprint density at radius 3 is 2.71 bits per heavy atom. The summed E-state index contributed by atoms with van der Waals surface area (Å²) in [5, 5.41) is 5.60. The molecule has 2 N–H and O–H groups in total. The van der Waals surface area contributed by atoms with E-state index in [1.807, 2.05) is 23.6 Å². The van der Waals surface area contributed by atoms with Crippen LogP contribution in [0.25, 0.3) is 5.65 Å². The number of urea groups is 1. The van der Waals surface area contributed by atoms with Crippen LogP contribution in [0.5, 0.6) is 0 Å². The molecule has 14 heteroatoms. The van der Waals surface area contributed by atoms with E-state index in [0.29, 0.717) is 35.2 Å². The predicted octanol–water partition coefficient (Wildman–Crippen LogP) is 2.99. The van der Waals surface area contributed by atoms with Gasteiger partial charge in [-0.3, -0.25) is 24.7 Å². The monoisotopic (exact) mass is 570 g/mol. The topological polar surface area (TPSA) is 151 Å². The van der Waals surface area contributed by atoms with E-state index < -0.39 is 11.8 Å². The average molecular weight is 571 g/mol. The molecule has 3 fully saturated rings. The first kappa shape index (κ1) is 25.9. The molecule has 2 unspecified atom stereocenters. The molecule has 0 spiro atoms. The number of nitrogens with zero attached hydrogens (tertiary/aromatic N) is 8. The number of nitrogens with one attached hydrogen (secondary N) is 2. The second-order valence-corrected chi connectivity index (χ2v) is 11.0. The Morgan fingerprint density at radius 1 is 1.14 bits per heavy atom. The number of hydrogen-bond donors (Lipinski definition) is 2. The highest BCUT2D eigenvalue weighted by molar-refractivity contribution is 6.13. The van der Waals surface area contributed by atoms with Gasteiger partial charge in [0.05, 0.1) is 24.1 Å². The zero-order chi connectivity index (χ0) is 29.1. The van der Waals surface area contributed by atoms with Crippen molar-refractivity contribution in [1.29, 1.82) is 0 Å². The highest BCUT2D eigenvalue weighted by Crippen LogP contribution is 2.46. The standard InChI is InChI=1S/C28H27FN10O3/c1-14-5-6-30-23(33-14)18-8-19(18)26(41)36-27-32-10-20(29)24(35-27)31-9-17-12-38-11-16(15-3-4-15)7-21(25(38)34-17)39-13-22(40)37(2)28(39)42/h5-7,10-12,15,18-19H,3-4,8-9,13H2,1-2H3,(H2,31,32,35,36,41). The molecule has 2 aliphatic carbocycles. The van der Waals surface area contributed by atoms with Crippen molar-refractivity contribution in [3.63, 3.8) is 0 Å². The van der Waals surface area contributed by atoms with E-state index in [4.69, 9.17) is 0 Å². The Balaban J connectivity index is 1.07. The highest BCUT2D eigenvalue weighted by Gasteiger charge is 2.46. The van der Waals surface area contributed by atoms with Crippen LogP contribution in [0.15, 0.2) is 36.9 Å².